The molecule has 0 aromatic rings. The molecule has 7 heteroatoms. The highest BCUT2D eigenvalue weighted by molar-refractivity contribution is 5.82. The van der Waals surface area contributed by atoms with Gasteiger partial charge in [-0.2, -0.15) is 0 Å². The maximum Gasteiger partial charge on any atom is 0.330 e. The Bertz CT molecular complexity index is 919. The van der Waals surface area contributed by atoms with Crippen molar-refractivity contribution in [1.82, 2.24) is 0 Å². The van der Waals surface area contributed by atoms with Gasteiger partial charge in [-0.05, 0) is 51.4 Å². The second kappa shape index (κ2) is 13.2. The van der Waals surface area contributed by atoms with Crippen molar-refractivity contribution in [3.8, 4) is 0 Å². The van der Waals surface area contributed by atoms with E-state index in [0.29, 0.717) is 25.4 Å². The molecule has 204 valence electrons. The Morgan fingerprint density at radius 2 is 1.97 bits per heavy atom. The minimum Gasteiger partial charge on any atom is -0.456 e. The van der Waals surface area contributed by atoms with Crippen LogP contribution in [0.1, 0.15) is 58.8 Å². The number of carbonyl (C=O) groups excluding carboxylic acids is 1. The summed E-state index contributed by atoms with van der Waals surface area (Å²) in [6.07, 6.45) is 14.3. The van der Waals surface area contributed by atoms with E-state index in [0.717, 1.165) is 31.3 Å². The predicted molar refractivity (Wildman–Crippen MR) is 141 cm³/mol. The molecule has 37 heavy (non-hydrogen) atoms. The molecule has 0 aliphatic carbocycles. The van der Waals surface area contributed by atoms with Gasteiger partial charge in [-0.1, -0.05) is 61.1 Å². The lowest BCUT2D eigenvalue weighted by molar-refractivity contribution is -0.148. The monoisotopic (exact) mass is 514 g/mol. The number of carbonyl (C=O) groups is 1. The third-order valence-corrected chi connectivity index (χ3v) is 7.44. The van der Waals surface area contributed by atoms with Crippen LogP contribution in [0.4, 0.5) is 0 Å². The number of esters is 1. The van der Waals surface area contributed by atoms with E-state index in [2.05, 4.69) is 26.5 Å². The van der Waals surface area contributed by atoms with E-state index in [4.69, 9.17) is 18.9 Å². The molecule has 0 aromatic carbocycles. The van der Waals surface area contributed by atoms with E-state index < -0.39 is 24.3 Å². The molecule has 2 N–H and O–H groups in total. The Labute approximate surface area is 220 Å². The molecular formula is C30H42O7. The van der Waals surface area contributed by atoms with Gasteiger partial charge in [-0.25, -0.2) is 4.79 Å². The first-order valence-electron chi connectivity index (χ1n) is 13.6. The maximum absolute atomic E-state index is 12.6. The van der Waals surface area contributed by atoms with Crippen LogP contribution in [0.15, 0.2) is 60.3 Å². The zero-order chi connectivity index (χ0) is 26.4. The third kappa shape index (κ3) is 8.76. The van der Waals surface area contributed by atoms with E-state index in [1.54, 1.807) is 12.2 Å². The van der Waals surface area contributed by atoms with Crippen LogP contribution in [0.5, 0.6) is 0 Å². The minimum absolute atomic E-state index is 0.0863. The highest BCUT2D eigenvalue weighted by atomic mass is 16.6. The highest BCUT2D eigenvalue weighted by Crippen LogP contribution is 2.35. The van der Waals surface area contributed by atoms with Crippen LogP contribution >= 0.6 is 0 Å². The normalized spacial score (nSPS) is 39.6. The minimum atomic E-state index is -1.03. The number of cyclic esters (lactones) is 1. The molecule has 0 unspecified atom stereocenters. The molecule has 1 fully saturated rings. The van der Waals surface area contributed by atoms with Crippen LogP contribution in [0.3, 0.4) is 0 Å². The van der Waals surface area contributed by atoms with Crippen molar-refractivity contribution in [3.63, 3.8) is 0 Å². The second-order valence-electron chi connectivity index (χ2n) is 11.0. The summed E-state index contributed by atoms with van der Waals surface area (Å²) in [5.41, 5.74) is 2.23. The van der Waals surface area contributed by atoms with Crippen LogP contribution in [-0.4, -0.2) is 71.6 Å². The van der Waals surface area contributed by atoms with Gasteiger partial charge in [0.25, 0.3) is 0 Å². The van der Waals surface area contributed by atoms with Crippen LogP contribution in [0, 0.1) is 5.92 Å². The third-order valence-electron chi connectivity index (χ3n) is 7.44. The van der Waals surface area contributed by atoms with Crippen molar-refractivity contribution in [2.45, 2.75) is 108 Å². The summed E-state index contributed by atoms with van der Waals surface area (Å²) in [4.78, 5) is 12.6. The van der Waals surface area contributed by atoms with Gasteiger partial charge in [0.15, 0.2) is 0 Å². The van der Waals surface area contributed by atoms with Crippen molar-refractivity contribution < 1.29 is 34.0 Å². The predicted octanol–water partition coefficient (Wildman–Crippen LogP) is 4.11. The average molecular weight is 515 g/mol. The molecule has 7 nitrogen and oxygen atoms in total. The average Bonchev–Trinajstić information content (AvgIpc) is 3.61. The number of ether oxygens (including phenoxy) is 4. The van der Waals surface area contributed by atoms with E-state index in [-0.39, 0.29) is 36.9 Å². The molecule has 4 aliphatic rings. The van der Waals surface area contributed by atoms with Crippen molar-refractivity contribution in [1.29, 1.82) is 0 Å². The first-order chi connectivity index (χ1) is 17.8. The van der Waals surface area contributed by atoms with Gasteiger partial charge in [-0.15, -0.1) is 0 Å². The van der Waals surface area contributed by atoms with Crippen molar-refractivity contribution in [3.05, 3.63) is 60.3 Å². The molecule has 0 radical (unpaired) electrons. The molecule has 2 bridgehead atoms. The van der Waals surface area contributed by atoms with Crippen molar-refractivity contribution in [2.75, 3.05) is 6.61 Å². The van der Waals surface area contributed by atoms with Gasteiger partial charge in [0.1, 0.15) is 18.3 Å². The Hall–Kier alpha value is -2.03. The van der Waals surface area contributed by atoms with Crippen LogP contribution in [0.25, 0.3) is 0 Å². The molecule has 9 atom stereocenters. The zero-order valence-electron chi connectivity index (χ0n) is 22.0. The van der Waals surface area contributed by atoms with Gasteiger partial charge in [0.2, 0.25) is 0 Å². The Kier molecular flexibility index (Phi) is 9.96. The highest BCUT2D eigenvalue weighted by Gasteiger charge is 2.46. The molecule has 1 saturated heterocycles. The lowest BCUT2D eigenvalue weighted by Crippen LogP contribution is -2.32. The molecule has 4 heterocycles. The van der Waals surface area contributed by atoms with E-state index in [1.807, 2.05) is 18.2 Å². The number of hydrogen-bond donors (Lipinski definition) is 2. The van der Waals surface area contributed by atoms with Crippen LogP contribution < -0.4 is 0 Å². The smallest absolute Gasteiger partial charge is 0.330 e. The maximum atomic E-state index is 12.6. The van der Waals surface area contributed by atoms with E-state index in [9.17, 15) is 15.0 Å². The van der Waals surface area contributed by atoms with Crippen molar-refractivity contribution in [2.24, 2.45) is 5.92 Å². The standard InChI is InChI=1S/C30H42O7/c1-19-12-13-34-23(15-19)10-11-25(31)27-18-28-30(37-28)26(32)17-21(3)14-20(2)16-24-8-4-6-22(35-24)7-5-9-29(33)36-27/h4-6,9-12,20,22-28,30-32H,3,7-8,13-18H2,1-2H3/b9-5-,11-10+/t20-,22-,23+,24-,25-,26+,27-,28-,30+/m0/s1. The molecule has 0 spiro atoms. The number of rotatable bonds is 3. The Balaban J connectivity index is 1.44. The number of aliphatic hydroxyl groups is 2. The molecule has 4 rings (SSSR count). The molecule has 0 amide bonds. The fourth-order valence-corrected chi connectivity index (χ4v) is 5.45. The van der Waals surface area contributed by atoms with Gasteiger partial charge in [0.05, 0.1) is 37.1 Å². The zero-order valence-corrected chi connectivity index (χ0v) is 22.0. The second-order valence-corrected chi connectivity index (χ2v) is 11.0. The SMILES string of the molecule is C=C1C[C@H](C)C[C@@H]2CC=C[C@@H](C/C=C\C(=O)O[C@H]([C@@H](O)/C=C/[C@@H]3CC(C)=CCO3)C[C@@H]3O[C@@H]3[C@H](O)C1)O2. The summed E-state index contributed by atoms with van der Waals surface area (Å²) in [6.45, 7) is 8.98. The lowest BCUT2D eigenvalue weighted by Gasteiger charge is -2.28. The van der Waals surface area contributed by atoms with Gasteiger partial charge >= 0.3 is 5.97 Å². The van der Waals surface area contributed by atoms with Crippen LogP contribution in [0.2, 0.25) is 0 Å². The van der Waals surface area contributed by atoms with Crippen LogP contribution in [-0.2, 0) is 23.7 Å². The van der Waals surface area contributed by atoms with E-state index >= 15 is 0 Å². The summed E-state index contributed by atoms with van der Waals surface area (Å²) < 4.78 is 23.4. The summed E-state index contributed by atoms with van der Waals surface area (Å²) >= 11 is 0. The summed E-state index contributed by atoms with van der Waals surface area (Å²) in [5, 5.41) is 21.7. The lowest BCUT2D eigenvalue weighted by atomic mass is 9.91. The number of epoxide rings is 1. The van der Waals surface area contributed by atoms with Gasteiger partial charge in [0, 0.05) is 12.5 Å². The summed E-state index contributed by atoms with van der Waals surface area (Å²) in [5.74, 6) is -0.141. The number of aliphatic hydroxyl groups excluding tert-OH is 2. The quantitative estimate of drug-likeness (QED) is 0.332. The largest absolute Gasteiger partial charge is 0.456 e. The molecule has 0 saturated carbocycles. The Morgan fingerprint density at radius 1 is 1.14 bits per heavy atom. The molecular weight excluding hydrogens is 472 g/mol. The van der Waals surface area contributed by atoms with Crippen molar-refractivity contribution >= 4 is 5.97 Å². The molecule has 4 aliphatic heterocycles. The van der Waals surface area contributed by atoms with E-state index in [1.165, 1.54) is 11.6 Å². The first-order valence-corrected chi connectivity index (χ1v) is 13.6. The first kappa shape index (κ1) is 28.0. The fourth-order valence-electron chi connectivity index (χ4n) is 5.45. The topological polar surface area (TPSA) is 97.8 Å². The number of fused-ring (bicyclic) bond motifs is 3. The fraction of sp³-hybridized carbons (Fsp3) is 0.633. The summed E-state index contributed by atoms with van der Waals surface area (Å²) in [7, 11) is 0. The van der Waals surface area contributed by atoms with Gasteiger partial charge < -0.3 is 29.2 Å². The molecule has 0 aromatic heterocycles. The summed E-state index contributed by atoms with van der Waals surface area (Å²) in [6, 6.07) is 0. The number of hydrogen-bond acceptors (Lipinski definition) is 7. The van der Waals surface area contributed by atoms with Gasteiger partial charge in [-0.3, -0.25) is 0 Å². The Morgan fingerprint density at radius 3 is 2.78 bits per heavy atom.